The van der Waals surface area contributed by atoms with Crippen LogP contribution >= 0.6 is 34.2 Å². The number of hydrogen-bond acceptors (Lipinski definition) is 2. The van der Waals surface area contributed by atoms with Gasteiger partial charge in [0.1, 0.15) is 5.15 Å². The van der Waals surface area contributed by atoms with Crippen molar-refractivity contribution < 1.29 is 0 Å². The smallest absolute Gasteiger partial charge is 0.161 e. The Morgan fingerprint density at radius 1 is 1.14 bits per heavy atom. The maximum absolute atomic E-state index is 6.35. The molecule has 0 N–H and O–H groups in total. The normalized spacial score (nSPS) is 15.6. The van der Waals surface area contributed by atoms with Crippen molar-refractivity contribution in [3.8, 4) is 11.4 Å². The highest BCUT2D eigenvalue weighted by molar-refractivity contribution is 14.1. The van der Waals surface area contributed by atoms with Crippen LogP contribution in [-0.2, 0) is 6.42 Å². The summed E-state index contributed by atoms with van der Waals surface area (Å²) < 4.78 is 1.02. The third-order valence-corrected chi connectivity index (χ3v) is 5.85. The van der Waals surface area contributed by atoms with Crippen LogP contribution in [0.1, 0.15) is 49.8 Å². The van der Waals surface area contributed by atoms with Gasteiger partial charge in [0, 0.05) is 11.5 Å². The van der Waals surface area contributed by atoms with Crippen LogP contribution in [0.4, 0.5) is 0 Å². The van der Waals surface area contributed by atoms with Crippen molar-refractivity contribution in [2.45, 2.75) is 44.9 Å². The van der Waals surface area contributed by atoms with Crippen LogP contribution < -0.4 is 0 Å². The number of benzene rings is 1. The lowest BCUT2D eigenvalue weighted by molar-refractivity contribution is 0.690. The molecule has 1 aliphatic rings. The van der Waals surface area contributed by atoms with Gasteiger partial charge in [-0.05, 0) is 47.4 Å². The van der Waals surface area contributed by atoms with Gasteiger partial charge < -0.3 is 0 Å². The predicted molar refractivity (Wildman–Crippen MR) is 95.8 cm³/mol. The molecular weight excluding hydrogens is 395 g/mol. The molecule has 0 radical (unpaired) electrons. The molecule has 3 rings (SSSR count). The minimum atomic E-state index is 0.547. The van der Waals surface area contributed by atoms with Gasteiger partial charge in [-0.1, -0.05) is 55.6 Å². The Labute approximate surface area is 144 Å². The summed E-state index contributed by atoms with van der Waals surface area (Å²) in [6.07, 6.45) is 6.07. The molecule has 0 bridgehead atoms. The molecule has 21 heavy (non-hydrogen) atoms. The minimum Gasteiger partial charge on any atom is -0.232 e. The lowest BCUT2D eigenvalue weighted by atomic mass is 10.0. The summed E-state index contributed by atoms with van der Waals surface area (Å²) in [5.74, 6) is 1.30. The Balaban J connectivity index is 2.01. The number of aromatic nitrogens is 2. The fourth-order valence-corrected chi connectivity index (χ4v) is 3.78. The van der Waals surface area contributed by atoms with Gasteiger partial charge in [0.05, 0.1) is 9.26 Å². The Morgan fingerprint density at radius 3 is 2.43 bits per heavy atom. The van der Waals surface area contributed by atoms with E-state index in [1.807, 2.05) is 0 Å². The average Bonchev–Trinajstić information content (AvgIpc) is 3.04. The SMILES string of the molecule is CCc1ccc(-c2nc(Cl)c(I)c(C3CCCC3)n2)cc1. The monoisotopic (exact) mass is 412 g/mol. The summed E-state index contributed by atoms with van der Waals surface area (Å²) in [6.45, 7) is 2.16. The van der Waals surface area contributed by atoms with Crippen LogP contribution in [0.5, 0.6) is 0 Å². The molecule has 1 aliphatic carbocycles. The van der Waals surface area contributed by atoms with Gasteiger partial charge in [-0.3, -0.25) is 0 Å². The van der Waals surface area contributed by atoms with E-state index in [0.717, 1.165) is 27.1 Å². The van der Waals surface area contributed by atoms with Crippen molar-refractivity contribution in [2.75, 3.05) is 0 Å². The van der Waals surface area contributed by atoms with Crippen molar-refractivity contribution in [1.29, 1.82) is 0 Å². The zero-order valence-corrected chi connectivity index (χ0v) is 15.0. The van der Waals surface area contributed by atoms with Gasteiger partial charge in [-0.25, -0.2) is 9.97 Å². The number of halogens is 2. The van der Waals surface area contributed by atoms with Crippen LogP contribution in [0.3, 0.4) is 0 Å². The van der Waals surface area contributed by atoms with E-state index >= 15 is 0 Å². The summed E-state index contributed by atoms with van der Waals surface area (Å²) in [5, 5.41) is 0.585. The summed E-state index contributed by atoms with van der Waals surface area (Å²) in [6, 6.07) is 8.46. The summed E-state index contributed by atoms with van der Waals surface area (Å²) >= 11 is 8.63. The Bertz CT molecular complexity index is 634. The van der Waals surface area contributed by atoms with Crippen LogP contribution in [0.15, 0.2) is 24.3 Å². The maximum Gasteiger partial charge on any atom is 0.161 e. The summed E-state index contributed by atoms with van der Waals surface area (Å²) in [5.41, 5.74) is 3.51. The van der Waals surface area contributed by atoms with Crippen molar-refractivity contribution in [3.05, 3.63) is 44.2 Å². The van der Waals surface area contributed by atoms with E-state index in [1.165, 1.54) is 31.2 Å². The van der Waals surface area contributed by atoms with Gasteiger partial charge in [0.25, 0.3) is 0 Å². The van der Waals surface area contributed by atoms with Gasteiger partial charge >= 0.3 is 0 Å². The minimum absolute atomic E-state index is 0.547. The van der Waals surface area contributed by atoms with Gasteiger partial charge in [-0.2, -0.15) is 0 Å². The van der Waals surface area contributed by atoms with Gasteiger partial charge in [0.15, 0.2) is 5.82 Å². The highest BCUT2D eigenvalue weighted by atomic mass is 127. The molecule has 110 valence electrons. The van der Waals surface area contributed by atoms with Crippen LogP contribution in [-0.4, -0.2) is 9.97 Å². The lowest BCUT2D eigenvalue weighted by Gasteiger charge is -2.13. The van der Waals surface area contributed by atoms with E-state index in [-0.39, 0.29) is 0 Å². The van der Waals surface area contributed by atoms with E-state index < -0.39 is 0 Å². The molecule has 0 amide bonds. The van der Waals surface area contributed by atoms with Gasteiger partial charge in [0.2, 0.25) is 0 Å². The molecular formula is C17H18ClIN2. The molecule has 1 saturated carbocycles. The number of nitrogens with zero attached hydrogens (tertiary/aromatic N) is 2. The van der Waals surface area contributed by atoms with Gasteiger partial charge in [-0.15, -0.1) is 0 Å². The molecule has 1 fully saturated rings. The van der Waals surface area contributed by atoms with Crippen LogP contribution in [0.25, 0.3) is 11.4 Å². The molecule has 1 heterocycles. The van der Waals surface area contributed by atoms with Crippen molar-refractivity contribution in [1.82, 2.24) is 9.97 Å². The van der Waals surface area contributed by atoms with Crippen molar-refractivity contribution >= 4 is 34.2 Å². The number of rotatable bonds is 3. The van der Waals surface area contributed by atoms with E-state index in [1.54, 1.807) is 0 Å². The second-order valence-electron chi connectivity index (χ2n) is 5.57. The summed E-state index contributed by atoms with van der Waals surface area (Å²) in [4.78, 5) is 9.32. The second kappa shape index (κ2) is 6.61. The van der Waals surface area contributed by atoms with Crippen LogP contribution in [0.2, 0.25) is 5.15 Å². The van der Waals surface area contributed by atoms with E-state index in [0.29, 0.717) is 11.1 Å². The zero-order valence-electron chi connectivity index (χ0n) is 12.1. The fraction of sp³-hybridized carbons (Fsp3) is 0.412. The predicted octanol–water partition coefficient (Wildman–Crippen LogP) is 5.62. The van der Waals surface area contributed by atoms with Crippen molar-refractivity contribution in [3.63, 3.8) is 0 Å². The first-order valence-electron chi connectivity index (χ1n) is 7.51. The molecule has 2 nitrogen and oxygen atoms in total. The van der Waals surface area contributed by atoms with E-state index in [4.69, 9.17) is 16.6 Å². The van der Waals surface area contributed by atoms with Crippen molar-refractivity contribution in [2.24, 2.45) is 0 Å². The molecule has 1 aromatic carbocycles. The first-order chi connectivity index (χ1) is 10.2. The molecule has 0 spiro atoms. The third-order valence-electron chi connectivity index (χ3n) is 4.20. The first-order valence-corrected chi connectivity index (χ1v) is 8.97. The lowest BCUT2D eigenvalue weighted by Crippen LogP contribution is -2.04. The third kappa shape index (κ3) is 3.24. The number of hydrogen-bond donors (Lipinski definition) is 0. The second-order valence-corrected chi connectivity index (χ2v) is 7.01. The largest absolute Gasteiger partial charge is 0.232 e. The molecule has 2 aromatic rings. The molecule has 0 saturated heterocycles. The molecule has 4 heteroatoms. The number of aryl methyl sites for hydroxylation is 1. The Hall–Kier alpha value is -0.680. The Morgan fingerprint density at radius 2 is 1.81 bits per heavy atom. The Kier molecular flexibility index (Phi) is 4.79. The molecule has 0 atom stereocenters. The molecule has 0 unspecified atom stereocenters. The summed E-state index contributed by atoms with van der Waals surface area (Å²) in [7, 11) is 0. The highest BCUT2D eigenvalue weighted by Gasteiger charge is 2.23. The average molecular weight is 413 g/mol. The highest BCUT2D eigenvalue weighted by Crippen LogP contribution is 2.37. The quantitative estimate of drug-likeness (QED) is 0.483. The fourth-order valence-electron chi connectivity index (χ4n) is 2.92. The maximum atomic E-state index is 6.35. The van der Waals surface area contributed by atoms with Crippen LogP contribution in [0, 0.1) is 3.57 Å². The standard InChI is InChI=1S/C17H18ClIN2/c1-2-11-7-9-13(10-8-11)17-20-15(12-5-3-4-6-12)14(19)16(18)21-17/h7-10,12H,2-6H2,1H3. The zero-order chi connectivity index (χ0) is 14.8. The van der Waals surface area contributed by atoms with E-state index in [2.05, 4.69) is 58.8 Å². The first kappa shape index (κ1) is 15.2. The molecule has 0 aliphatic heterocycles. The molecule has 1 aromatic heterocycles. The van der Waals surface area contributed by atoms with E-state index in [9.17, 15) is 0 Å². The topological polar surface area (TPSA) is 25.8 Å².